The summed E-state index contributed by atoms with van der Waals surface area (Å²) in [5.41, 5.74) is 0. The average Bonchev–Trinajstić information content (AvgIpc) is 2.62. The Bertz CT molecular complexity index is 717. The molecule has 0 unspecified atom stereocenters. The molecule has 0 aliphatic carbocycles. The molecule has 2 rings (SSSR count). The summed E-state index contributed by atoms with van der Waals surface area (Å²) in [6, 6.07) is 1.78. The van der Waals surface area contributed by atoms with Crippen molar-refractivity contribution >= 4 is 22.0 Å². The van der Waals surface area contributed by atoms with E-state index in [1.807, 2.05) is 11.8 Å². The molecule has 0 bridgehead atoms. The fraction of sp³-hybridized carbons (Fsp3) is 0.688. The lowest BCUT2D eigenvalue weighted by molar-refractivity contribution is -0.149. The number of hydrogen-bond donors (Lipinski definition) is 0. The van der Waals surface area contributed by atoms with Crippen LogP contribution < -0.4 is 4.90 Å². The number of aromatic nitrogens is 2. The molecule has 0 spiro atoms. The second-order valence-corrected chi connectivity index (χ2v) is 8.47. The molecule has 1 fully saturated rings. The second-order valence-electron chi connectivity index (χ2n) is 6.33. The maximum absolute atomic E-state index is 12.2. The molecule has 2 heterocycles. The molecular weight excluding hydrogens is 358 g/mol. The molecule has 1 saturated heterocycles. The van der Waals surface area contributed by atoms with Gasteiger partial charge in [-0.1, -0.05) is 6.92 Å². The summed E-state index contributed by atoms with van der Waals surface area (Å²) in [6.07, 6.45) is 2.20. The Morgan fingerprint density at radius 1 is 1.31 bits per heavy atom. The van der Waals surface area contributed by atoms with Gasteiger partial charge in [-0.05, 0) is 19.4 Å². The molecule has 0 aromatic carbocycles. The predicted octanol–water partition coefficient (Wildman–Crippen LogP) is 0.809. The third kappa shape index (κ3) is 4.89. The van der Waals surface area contributed by atoms with Crippen LogP contribution in [0.5, 0.6) is 0 Å². The summed E-state index contributed by atoms with van der Waals surface area (Å²) in [6.45, 7) is 5.51. The van der Waals surface area contributed by atoms with E-state index in [0.717, 1.165) is 6.42 Å². The first kappa shape index (κ1) is 20.5. The highest BCUT2D eigenvalue weighted by molar-refractivity contribution is 7.86. The average molecular weight is 385 g/mol. The third-order valence-electron chi connectivity index (χ3n) is 4.14. The minimum Gasteiger partial charge on any atom is -0.454 e. The number of esters is 1. The van der Waals surface area contributed by atoms with Gasteiger partial charge in [-0.15, -0.1) is 0 Å². The van der Waals surface area contributed by atoms with Crippen molar-refractivity contribution in [2.24, 2.45) is 0 Å². The van der Waals surface area contributed by atoms with Gasteiger partial charge in [0.25, 0.3) is 10.2 Å². The van der Waals surface area contributed by atoms with Crippen LogP contribution in [0.15, 0.2) is 12.3 Å². The van der Waals surface area contributed by atoms with Gasteiger partial charge in [0, 0.05) is 52.9 Å². The van der Waals surface area contributed by atoms with E-state index < -0.39 is 16.3 Å². The first-order valence-corrected chi connectivity index (χ1v) is 10.1. The van der Waals surface area contributed by atoms with E-state index in [9.17, 15) is 13.2 Å². The van der Waals surface area contributed by atoms with Crippen LogP contribution in [0, 0.1) is 0 Å². The number of carbonyl (C=O) groups is 1. The number of hydrogen-bond acceptors (Lipinski definition) is 7. The van der Waals surface area contributed by atoms with Gasteiger partial charge in [-0.2, -0.15) is 17.0 Å². The van der Waals surface area contributed by atoms with Crippen LogP contribution in [0.25, 0.3) is 0 Å². The van der Waals surface area contributed by atoms with Crippen LogP contribution in [0.1, 0.15) is 38.6 Å². The second kappa shape index (κ2) is 8.74. The topological polar surface area (TPSA) is 95.9 Å². The molecule has 0 amide bonds. The van der Waals surface area contributed by atoms with Crippen LogP contribution in [-0.4, -0.2) is 73.2 Å². The smallest absolute Gasteiger partial charge is 0.306 e. The number of piperazine rings is 1. The monoisotopic (exact) mass is 385 g/mol. The molecule has 9 nitrogen and oxygen atoms in total. The normalized spacial score (nSPS) is 17.3. The zero-order valence-corrected chi connectivity index (χ0v) is 16.6. The van der Waals surface area contributed by atoms with Gasteiger partial charge < -0.3 is 9.64 Å². The molecule has 1 atom stereocenters. The van der Waals surface area contributed by atoms with Gasteiger partial charge in [-0.25, -0.2) is 9.97 Å². The van der Waals surface area contributed by atoms with E-state index in [-0.39, 0.29) is 5.97 Å². The summed E-state index contributed by atoms with van der Waals surface area (Å²) in [5.74, 6) is 0.877. The minimum atomic E-state index is -3.40. The van der Waals surface area contributed by atoms with E-state index in [1.54, 1.807) is 19.2 Å². The largest absolute Gasteiger partial charge is 0.454 e. The number of rotatable bonds is 7. The molecular formula is C16H27N5O4S. The highest BCUT2D eigenvalue weighted by atomic mass is 32.2. The van der Waals surface area contributed by atoms with Crippen molar-refractivity contribution in [1.29, 1.82) is 0 Å². The third-order valence-corrected chi connectivity index (χ3v) is 6.08. The Morgan fingerprint density at radius 3 is 2.54 bits per heavy atom. The molecule has 0 radical (unpaired) electrons. The van der Waals surface area contributed by atoms with E-state index in [4.69, 9.17) is 4.74 Å². The summed E-state index contributed by atoms with van der Waals surface area (Å²) >= 11 is 0. The molecule has 146 valence electrons. The van der Waals surface area contributed by atoms with Crippen molar-refractivity contribution in [3.05, 3.63) is 18.1 Å². The Kier molecular flexibility index (Phi) is 6.90. The highest BCUT2D eigenvalue weighted by Crippen LogP contribution is 2.19. The molecule has 10 heteroatoms. The van der Waals surface area contributed by atoms with Crippen LogP contribution in [0.4, 0.5) is 5.82 Å². The van der Waals surface area contributed by atoms with E-state index in [1.165, 1.54) is 22.7 Å². The van der Waals surface area contributed by atoms with Crippen molar-refractivity contribution in [1.82, 2.24) is 18.6 Å². The standard InChI is InChI=1S/C16H27N5O4S/c1-5-6-15(22)25-13(2)16-17-8-7-14(18-16)20-9-11-21(12-10-20)26(23,24)19(3)4/h7-8,13H,5-6,9-12H2,1-4H3/t13-/m1/s1. The zero-order valence-electron chi connectivity index (χ0n) is 15.8. The first-order valence-electron chi connectivity index (χ1n) is 8.70. The number of ether oxygens (including phenoxy) is 1. The highest BCUT2D eigenvalue weighted by Gasteiger charge is 2.29. The summed E-state index contributed by atoms with van der Waals surface area (Å²) in [5, 5.41) is 0. The van der Waals surface area contributed by atoms with Crippen LogP contribution in [-0.2, 0) is 19.7 Å². The maximum Gasteiger partial charge on any atom is 0.306 e. The van der Waals surface area contributed by atoms with Crippen LogP contribution in [0.2, 0.25) is 0 Å². The molecule has 1 aliphatic rings. The maximum atomic E-state index is 12.2. The Labute approximate surface area is 155 Å². The SMILES string of the molecule is CCCC(=O)O[C@H](C)c1nccc(N2CCN(S(=O)(=O)N(C)C)CC2)n1. The molecule has 1 aromatic heterocycles. The van der Waals surface area contributed by atoms with Crippen molar-refractivity contribution in [3.8, 4) is 0 Å². The minimum absolute atomic E-state index is 0.267. The van der Waals surface area contributed by atoms with E-state index in [2.05, 4.69) is 9.97 Å². The number of carbonyl (C=O) groups excluding carboxylic acids is 1. The molecule has 0 saturated carbocycles. The van der Waals surface area contributed by atoms with Gasteiger partial charge in [0.15, 0.2) is 11.9 Å². The van der Waals surface area contributed by atoms with Gasteiger partial charge in [-0.3, -0.25) is 4.79 Å². The molecule has 1 aliphatic heterocycles. The van der Waals surface area contributed by atoms with Crippen LogP contribution >= 0.6 is 0 Å². The van der Waals surface area contributed by atoms with Gasteiger partial charge in [0.05, 0.1) is 0 Å². The Morgan fingerprint density at radius 2 is 1.96 bits per heavy atom. The van der Waals surface area contributed by atoms with Gasteiger partial charge in [0.2, 0.25) is 0 Å². The summed E-state index contributed by atoms with van der Waals surface area (Å²) in [4.78, 5) is 22.3. The van der Waals surface area contributed by atoms with Crippen molar-refractivity contribution in [2.45, 2.75) is 32.8 Å². The lowest BCUT2D eigenvalue weighted by Gasteiger charge is -2.35. The lowest BCUT2D eigenvalue weighted by Crippen LogP contribution is -2.51. The quantitative estimate of drug-likeness (QED) is 0.641. The Hall–Kier alpha value is -1.78. The molecule has 0 N–H and O–H groups in total. The van der Waals surface area contributed by atoms with E-state index in [0.29, 0.717) is 44.2 Å². The summed E-state index contributed by atoms with van der Waals surface area (Å²) < 4.78 is 32.4. The fourth-order valence-electron chi connectivity index (χ4n) is 2.63. The predicted molar refractivity (Wildman–Crippen MR) is 97.8 cm³/mol. The van der Waals surface area contributed by atoms with E-state index >= 15 is 0 Å². The first-order chi connectivity index (χ1) is 12.3. The van der Waals surface area contributed by atoms with Crippen LogP contribution in [0.3, 0.4) is 0 Å². The summed E-state index contributed by atoms with van der Waals surface area (Å²) in [7, 11) is -0.342. The molecule has 1 aromatic rings. The van der Waals surface area contributed by atoms with Crippen molar-refractivity contribution in [3.63, 3.8) is 0 Å². The number of anilines is 1. The van der Waals surface area contributed by atoms with Crippen molar-refractivity contribution in [2.75, 3.05) is 45.2 Å². The zero-order chi connectivity index (χ0) is 19.3. The lowest BCUT2D eigenvalue weighted by atomic mass is 10.3. The van der Waals surface area contributed by atoms with Gasteiger partial charge >= 0.3 is 5.97 Å². The van der Waals surface area contributed by atoms with Crippen molar-refractivity contribution < 1.29 is 17.9 Å². The molecule has 26 heavy (non-hydrogen) atoms. The Balaban J connectivity index is 2.02. The van der Waals surface area contributed by atoms with Gasteiger partial charge in [0.1, 0.15) is 5.82 Å². The number of nitrogens with zero attached hydrogens (tertiary/aromatic N) is 5. The fourth-order valence-corrected chi connectivity index (χ4v) is 3.71.